The molecule has 1 aromatic carbocycles. The Hall–Kier alpha value is -1.56. The van der Waals surface area contributed by atoms with Crippen molar-refractivity contribution in [2.24, 2.45) is 5.92 Å². The zero-order valence-electron chi connectivity index (χ0n) is 14.0. The third-order valence-corrected chi connectivity index (χ3v) is 4.53. The highest BCUT2D eigenvalue weighted by atomic mass is 32.2. The van der Waals surface area contributed by atoms with E-state index in [1.165, 1.54) is 4.31 Å². The molecule has 0 bridgehead atoms. The van der Waals surface area contributed by atoms with Gasteiger partial charge >= 0.3 is 0 Å². The van der Waals surface area contributed by atoms with Crippen LogP contribution in [0.5, 0.6) is 0 Å². The van der Waals surface area contributed by atoms with E-state index in [1.54, 1.807) is 0 Å². The molecule has 0 aliphatic carbocycles. The van der Waals surface area contributed by atoms with Crippen molar-refractivity contribution in [2.45, 2.75) is 34.1 Å². The van der Waals surface area contributed by atoms with E-state index in [2.05, 4.69) is 19.2 Å². The van der Waals surface area contributed by atoms with Gasteiger partial charge in [0, 0.05) is 6.54 Å². The van der Waals surface area contributed by atoms with Crippen LogP contribution < -0.4 is 9.62 Å². The molecule has 1 aromatic rings. The van der Waals surface area contributed by atoms with Crippen LogP contribution in [-0.4, -0.2) is 33.7 Å². The third kappa shape index (κ3) is 5.33. The number of carbonyl (C=O) groups excluding carboxylic acids is 1. The van der Waals surface area contributed by atoms with Crippen molar-refractivity contribution in [3.05, 3.63) is 29.3 Å². The number of sulfonamides is 1. The molecule has 1 amide bonds. The molecule has 0 heterocycles. The molecular weight excluding hydrogens is 300 g/mol. The topological polar surface area (TPSA) is 66.5 Å². The van der Waals surface area contributed by atoms with Crippen molar-refractivity contribution < 1.29 is 13.2 Å². The Balaban J connectivity index is 2.95. The lowest BCUT2D eigenvalue weighted by atomic mass is 10.1. The Morgan fingerprint density at radius 1 is 1.23 bits per heavy atom. The van der Waals surface area contributed by atoms with Crippen molar-refractivity contribution in [1.82, 2.24) is 5.32 Å². The number of para-hydroxylation sites is 1. The van der Waals surface area contributed by atoms with Gasteiger partial charge in [0.05, 0.1) is 11.9 Å². The maximum absolute atomic E-state index is 12.1. The van der Waals surface area contributed by atoms with E-state index in [0.29, 0.717) is 18.2 Å². The Morgan fingerprint density at radius 3 is 2.23 bits per heavy atom. The summed E-state index contributed by atoms with van der Waals surface area (Å²) in [6.45, 7) is 8.20. The molecule has 22 heavy (non-hydrogen) atoms. The van der Waals surface area contributed by atoms with E-state index in [9.17, 15) is 13.2 Å². The Labute approximate surface area is 133 Å². The number of nitrogens with zero attached hydrogens (tertiary/aromatic N) is 1. The normalized spacial score (nSPS) is 11.5. The molecule has 5 nitrogen and oxygen atoms in total. The predicted octanol–water partition coefficient (Wildman–Crippen LogP) is 2.23. The minimum Gasteiger partial charge on any atom is -0.355 e. The zero-order chi connectivity index (χ0) is 16.9. The Morgan fingerprint density at radius 2 is 1.77 bits per heavy atom. The summed E-state index contributed by atoms with van der Waals surface area (Å²) in [5.41, 5.74) is 2.25. The number of amides is 1. The van der Waals surface area contributed by atoms with Gasteiger partial charge in [0.2, 0.25) is 15.9 Å². The van der Waals surface area contributed by atoms with E-state index in [0.717, 1.165) is 23.8 Å². The molecule has 0 saturated heterocycles. The number of rotatable bonds is 7. The molecule has 0 spiro atoms. The lowest BCUT2D eigenvalue weighted by Crippen LogP contribution is -2.41. The van der Waals surface area contributed by atoms with Crippen LogP contribution in [0.1, 0.15) is 31.4 Å². The highest BCUT2D eigenvalue weighted by molar-refractivity contribution is 7.92. The van der Waals surface area contributed by atoms with Gasteiger partial charge in [-0.2, -0.15) is 0 Å². The van der Waals surface area contributed by atoms with Gasteiger partial charge in [-0.1, -0.05) is 32.0 Å². The third-order valence-electron chi connectivity index (χ3n) is 3.42. The Bertz CT molecular complexity index is 604. The Kier molecular flexibility index (Phi) is 6.41. The van der Waals surface area contributed by atoms with Crippen molar-refractivity contribution in [3.8, 4) is 0 Å². The van der Waals surface area contributed by atoms with Gasteiger partial charge in [-0.25, -0.2) is 8.42 Å². The molecule has 0 fully saturated rings. The van der Waals surface area contributed by atoms with Gasteiger partial charge in [-0.15, -0.1) is 0 Å². The maximum atomic E-state index is 12.1. The lowest BCUT2D eigenvalue weighted by Gasteiger charge is -2.25. The molecular formula is C16H26N2O3S. The fraction of sp³-hybridized carbons (Fsp3) is 0.562. The molecule has 124 valence electrons. The fourth-order valence-corrected chi connectivity index (χ4v) is 3.22. The summed E-state index contributed by atoms with van der Waals surface area (Å²) in [5, 5.41) is 2.78. The molecule has 0 radical (unpaired) electrons. The van der Waals surface area contributed by atoms with Crippen LogP contribution in [0.25, 0.3) is 0 Å². The minimum absolute atomic E-state index is 0.192. The number of aryl methyl sites for hydroxylation is 2. The second-order valence-electron chi connectivity index (χ2n) is 6.04. The summed E-state index contributed by atoms with van der Waals surface area (Å²) < 4.78 is 25.4. The van der Waals surface area contributed by atoms with Crippen LogP contribution in [0.3, 0.4) is 0 Å². The van der Waals surface area contributed by atoms with E-state index in [1.807, 2.05) is 32.0 Å². The van der Waals surface area contributed by atoms with Crippen LogP contribution in [0.2, 0.25) is 0 Å². The van der Waals surface area contributed by atoms with E-state index in [-0.39, 0.29) is 12.5 Å². The van der Waals surface area contributed by atoms with Crippen LogP contribution >= 0.6 is 0 Å². The molecule has 0 saturated carbocycles. The molecule has 0 aromatic heterocycles. The number of hydrogen-bond donors (Lipinski definition) is 1. The molecule has 0 aliphatic heterocycles. The summed E-state index contributed by atoms with van der Waals surface area (Å²) in [6.07, 6.45) is 1.99. The van der Waals surface area contributed by atoms with Crippen LogP contribution in [0, 0.1) is 19.8 Å². The average Bonchev–Trinajstić information content (AvgIpc) is 2.35. The largest absolute Gasteiger partial charge is 0.355 e. The zero-order valence-corrected chi connectivity index (χ0v) is 14.8. The van der Waals surface area contributed by atoms with Crippen molar-refractivity contribution >= 4 is 21.6 Å². The molecule has 1 rings (SSSR count). The molecule has 1 N–H and O–H groups in total. The van der Waals surface area contributed by atoms with Crippen molar-refractivity contribution in [1.29, 1.82) is 0 Å². The van der Waals surface area contributed by atoms with Gasteiger partial charge in [-0.3, -0.25) is 9.10 Å². The van der Waals surface area contributed by atoms with Gasteiger partial charge in [-0.05, 0) is 37.3 Å². The van der Waals surface area contributed by atoms with E-state index < -0.39 is 10.0 Å². The number of nitrogens with one attached hydrogen (secondary N) is 1. The molecule has 0 unspecified atom stereocenters. The second kappa shape index (κ2) is 7.63. The van der Waals surface area contributed by atoms with Crippen LogP contribution in [0.15, 0.2) is 18.2 Å². The fourth-order valence-electron chi connectivity index (χ4n) is 2.25. The standard InChI is InChI=1S/C16H26N2O3S/c1-12(2)9-10-17-15(19)11-18(22(5,20)21)16-13(3)7-6-8-14(16)4/h6-8,12H,9-11H2,1-5H3,(H,17,19). The minimum atomic E-state index is -3.53. The molecule has 0 atom stereocenters. The monoisotopic (exact) mass is 326 g/mol. The SMILES string of the molecule is Cc1cccc(C)c1N(CC(=O)NCCC(C)C)S(C)(=O)=O. The first-order valence-corrected chi connectivity index (χ1v) is 9.28. The van der Waals surface area contributed by atoms with Crippen LogP contribution in [-0.2, 0) is 14.8 Å². The van der Waals surface area contributed by atoms with E-state index in [4.69, 9.17) is 0 Å². The van der Waals surface area contributed by atoms with Gasteiger partial charge in [0.15, 0.2) is 0 Å². The summed E-state index contributed by atoms with van der Waals surface area (Å²) in [5.74, 6) is 0.207. The number of anilines is 1. The number of benzene rings is 1. The quantitative estimate of drug-likeness (QED) is 0.835. The summed E-state index contributed by atoms with van der Waals surface area (Å²) >= 11 is 0. The highest BCUT2D eigenvalue weighted by Crippen LogP contribution is 2.26. The molecule has 6 heteroatoms. The maximum Gasteiger partial charge on any atom is 0.240 e. The summed E-state index contributed by atoms with van der Waals surface area (Å²) in [4.78, 5) is 12.1. The first-order valence-electron chi connectivity index (χ1n) is 7.43. The smallest absolute Gasteiger partial charge is 0.240 e. The number of carbonyl (C=O) groups is 1. The summed E-state index contributed by atoms with van der Waals surface area (Å²) in [7, 11) is -3.53. The summed E-state index contributed by atoms with van der Waals surface area (Å²) in [6, 6.07) is 5.56. The first kappa shape index (κ1) is 18.5. The van der Waals surface area contributed by atoms with Crippen molar-refractivity contribution in [2.75, 3.05) is 23.7 Å². The highest BCUT2D eigenvalue weighted by Gasteiger charge is 2.23. The second-order valence-corrected chi connectivity index (χ2v) is 7.95. The molecule has 0 aliphatic rings. The lowest BCUT2D eigenvalue weighted by molar-refractivity contribution is -0.119. The van der Waals surface area contributed by atoms with Crippen molar-refractivity contribution in [3.63, 3.8) is 0 Å². The first-order chi connectivity index (χ1) is 10.1. The number of hydrogen-bond acceptors (Lipinski definition) is 3. The van der Waals surface area contributed by atoms with Crippen LogP contribution in [0.4, 0.5) is 5.69 Å². The van der Waals surface area contributed by atoms with E-state index >= 15 is 0 Å². The predicted molar refractivity (Wildman–Crippen MR) is 90.6 cm³/mol. The van der Waals surface area contributed by atoms with Gasteiger partial charge < -0.3 is 5.32 Å². The van der Waals surface area contributed by atoms with Gasteiger partial charge in [0.25, 0.3) is 0 Å². The van der Waals surface area contributed by atoms with Gasteiger partial charge in [0.1, 0.15) is 6.54 Å². The average molecular weight is 326 g/mol.